The molecule has 1 aliphatic heterocycles. The molecule has 0 bridgehead atoms. The zero-order chi connectivity index (χ0) is 13.7. The molecule has 1 aromatic rings. The normalized spacial score (nSPS) is 18.6. The van der Waals surface area contributed by atoms with Gasteiger partial charge in [-0.1, -0.05) is 12.1 Å². The Balaban J connectivity index is 1.95. The molecule has 0 spiro atoms. The first kappa shape index (κ1) is 13.7. The first-order valence-corrected chi connectivity index (χ1v) is 7.08. The zero-order valence-electron chi connectivity index (χ0n) is 10.6. The summed E-state index contributed by atoms with van der Waals surface area (Å²) in [6.07, 6.45) is 0.175. The smallest absolute Gasteiger partial charge is 0.233 e. The molecule has 2 rings (SSSR count). The maximum Gasteiger partial charge on any atom is 0.233 e. The molecule has 1 atom stereocenters. The van der Waals surface area contributed by atoms with Crippen LogP contribution in [0.2, 0.25) is 0 Å². The highest BCUT2D eigenvalue weighted by Gasteiger charge is 2.25. The molecular weight excluding hydrogens is 264 g/mol. The Morgan fingerprint density at radius 1 is 1.53 bits per heavy atom. The highest BCUT2D eigenvalue weighted by atomic mass is 32.2. The van der Waals surface area contributed by atoms with Crippen LogP contribution in [0.4, 0.5) is 5.69 Å². The molecule has 0 aromatic heterocycles. The number of anilines is 1. The zero-order valence-corrected chi connectivity index (χ0v) is 11.5. The molecule has 2 amide bonds. The van der Waals surface area contributed by atoms with Crippen molar-refractivity contribution in [1.29, 1.82) is 0 Å². The lowest BCUT2D eigenvalue weighted by Crippen LogP contribution is -2.40. The third kappa shape index (κ3) is 3.64. The summed E-state index contributed by atoms with van der Waals surface area (Å²) in [6, 6.07) is 7.20. The van der Waals surface area contributed by atoms with Crippen LogP contribution in [0.3, 0.4) is 0 Å². The molecule has 0 saturated carbocycles. The molecule has 102 valence electrons. The molecule has 1 aromatic carbocycles. The molecule has 1 saturated heterocycles. The van der Waals surface area contributed by atoms with Crippen LogP contribution in [0, 0.1) is 0 Å². The van der Waals surface area contributed by atoms with E-state index in [2.05, 4.69) is 10.6 Å². The van der Waals surface area contributed by atoms with Gasteiger partial charge in [-0.2, -0.15) is 0 Å². The molecule has 0 aliphatic carbocycles. The maximum atomic E-state index is 11.9. The van der Waals surface area contributed by atoms with Crippen LogP contribution in [-0.2, 0) is 9.59 Å². The lowest BCUT2D eigenvalue weighted by atomic mass is 10.2. The molecule has 1 fully saturated rings. The van der Waals surface area contributed by atoms with Crippen molar-refractivity contribution in [2.24, 2.45) is 0 Å². The van der Waals surface area contributed by atoms with Crippen LogP contribution in [0.15, 0.2) is 24.3 Å². The summed E-state index contributed by atoms with van der Waals surface area (Å²) in [5.41, 5.74) is 0.621. The summed E-state index contributed by atoms with van der Waals surface area (Å²) in [6.45, 7) is 0.675. The fourth-order valence-corrected chi connectivity index (χ4v) is 2.84. The van der Waals surface area contributed by atoms with Gasteiger partial charge < -0.3 is 15.4 Å². The molecular formula is C13H16N2O3S. The Labute approximate surface area is 116 Å². The van der Waals surface area contributed by atoms with Crippen molar-refractivity contribution in [3.8, 4) is 5.75 Å². The number of hydrogen-bond donors (Lipinski definition) is 2. The Bertz CT molecular complexity index is 479. The summed E-state index contributed by atoms with van der Waals surface area (Å²) in [7, 11) is 1.55. The highest BCUT2D eigenvalue weighted by molar-refractivity contribution is 8.00. The van der Waals surface area contributed by atoms with Gasteiger partial charge >= 0.3 is 0 Å². The predicted molar refractivity (Wildman–Crippen MR) is 75.5 cm³/mol. The number of rotatable bonds is 4. The monoisotopic (exact) mass is 280 g/mol. The van der Waals surface area contributed by atoms with Gasteiger partial charge in [-0.15, -0.1) is 11.8 Å². The molecule has 0 unspecified atom stereocenters. The molecule has 0 radical (unpaired) electrons. The number of carbonyl (C=O) groups is 2. The van der Waals surface area contributed by atoms with Crippen molar-refractivity contribution >= 4 is 29.3 Å². The van der Waals surface area contributed by atoms with E-state index in [1.807, 2.05) is 12.1 Å². The summed E-state index contributed by atoms with van der Waals surface area (Å²) in [5, 5.41) is 5.23. The van der Waals surface area contributed by atoms with E-state index in [4.69, 9.17) is 4.74 Å². The number of ether oxygens (including phenoxy) is 1. The van der Waals surface area contributed by atoms with Gasteiger partial charge in [0.25, 0.3) is 0 Å². The van der Waals surface area contributed by atoms with Gasteiger partial charge in [-0.05, 0) is 12.1 Å². The summed E-state index contributed by atoms with van der Waals surface area (Å²) >= 11 is 1.52. The average molecular weight is 280 g/mol. The third-order valence-electron chi connectivity index (χ3n) is 2.76. The van der Waals surface area contributed by atoms with Crippen molar-refractivity contribution in [1.82, 2.24) is 5.32 Å². The Hall–Kier alpha value is -1.69. The quantitative estimate of drug-likeness (QED) is 0.871. The molecule has 5 nitrogen and oxygen atoms in total. The van der Waals surface area contributed by atoms with Gasteiger partial charge in [-0.25, -0.2) is 0 Å². The van der Waals surface area contributed by atoms with Crippen molar-refractivity contribution in [2.45, 2.75) is 11.7 Å². The number of benzene rings is 1. The van der Waals surface area contributed by atoms with E-state index < -0.39 is 0 Å². The van der Waals surface area contributed by atoms with Crippen LogP contribution in [-0.4, -0.2) is 36.5 Å². The van der Waals surface area contributed by atoms with E-state index in [0.717, 1.165) is 5.75 Å². The average Bonchev–Trinajstić information content (AvgIpc) is 2.42. The minimum absolute atomic E-state index is 0.0635. The SMILES string of the molecule is COc1ccccc1NC(=O)C[C@@H]1SCCNC1=O. The van der Waals surface area contributed by atoms with E-state index in [-0.39, 0.29) is 23.5 Å². The van der Waals surface area contributed by atoms with Gasteiger partial charge in [0.15, 0.2) is 0 Å². The molecule has 6 heteroatoms. The number of methoxy groups -OCH3 is 1. The first-order valence-electron chi connectivity index (χ1n) is 6.03. The lowest BCUT2D eigenvalue weighted by Gasteiger charge is -2.21. The van der Waals surface area contributed by atoms with Crippen molar-refractivity contribution in [3.63, 3.8) is 0 Å². The van der Waals surface area contributed by atoms with Gasteiger partial charge in [0.1, 0.15) is 5.75 Å². The highest BCUT2D eigenvalue weighted by Crippen LogP contribution is 2.24. The van der Waals surface area contributed by atoms with Crippen LogP contribution in [0.1, 0.15) is 6.42 Å². The topological polar surface area (TPSA) is 67.4 Å². The Kier molecular flexibility index (Phi) is 4.68. The fourth-order valence-electron chi connectivity index (χ4n) is 1.83. The lowest BCUT2D eigenvalue weighted by molar-refractivity contribution is -0.123. The fraction of sp³-hybridized carbons (Fsp3) is 0.385. The number of para-hydroxylation sites is 2. The predicted octanol–water partition coefficient (Wildman–Crippen LogP) is 1.26. The van der Waals surface area contributed by atoms with Gasteiger partial charge in [0, 0.05) is 18.7 Å². The minimum atomic E-state index is -0.302. The third-order valence-corrected chi connectivity index (χ3v) is 3.99. The summed E-state index contributed by atoms with van der Waals surface area (Å²) < 4.78 is 5.16. The van der Waals surface area contributed by atoms with E-state index in [0.29, 0.717) is 18.0 Å². The summed E-state index contributed by atoms with van der Waals surface area (Å²) in [5.74, 6) is 1.21. The standard InChI is InChI=1S/C13H16N2O3S/c1-18-10-5-3-2-4-9(10)15-12(16)8-11-13(17)14-6-7-19-11/h2-5,11H,6-8H2,1H3,(H,14,17)(H,15,16)/t11-/m0/s1. The second-order valence-corrected chi connectivity index (χ2v) is 5.41. The number of nitrogens with one attached hydrogen (secondary N) is 2. The Morgan fingerprint density at radius 2 is 2.32 bits per heavy atom. The van der Waals surface area contributed by atoms with Crippen molar-refractivity contribution in [3.05, 3.63) is 24.3 Å². The van der Waals surface area contributed by atoms with Gasteiger partial charge in [0.05, 0.1) is 18.0 Å². The van der Waals surface area contributed by atoms with E-state index in [9.17, 15) is 9.59 Å². The van der Waals surface area contributed by atoms with Crippen LogP contribution < -0.4 is 15.4 Å². The van der Waals surface area contributed by atoms with Crippen LogP contribution in [0.5, 0.6) is 5.75 Å². The minimum Gasteiger partial charge on any atom is -0.495 e. The maximum absolute atomic E-state index is 11.9. The summed E-state index contributed by atoms with van der Waals surface area (Å²) in [4.78, 5) is 23.5. The largest absolute Gasteiger partial charge is 0.495 e. The number of hydrogen-bond acceptors (Lipinski definition) is 4. The van der Waals surface area contributed by atoms with E-state index in [1.165, 1.54) is 11.8 Å². The van der Waals surface area contributed by atoms with Crippen LogP contribution >= 0.6 is 11.8 Å². The number of carbonyl (C=O) groups excluding carboxylic acids is 2. The Morgan fingerprint density at radius 3 is 3.05 bits per heavy atom. The van der Waals surface area contributed by atoms with Crippen molar-refractivity contribution in [2.75, 3.05) is 24.7 Å². The number of thioether (sulfide) groups is 1. The van der Waals surface area contributed by atoms with Crippen molar-refractivity contribution < 1.29 is 14.3 Å². The molecule has 2 N–H and O–H groups in total. The molecule has 1 heterocycles. The van der Waals surface area contributed by atoms with Gasteiger partial charge in [0.2, 0.25) is 11.8 Å². The number of amides is 2. The van der Waals surface area contributed by atoms with Gasteiger partial charge in [-0.3, -0.25) is 9.59 Å². The molecule has 1 aliphatic rings. The second kappa shape index (κ2) is 6.47. The van der Waals surface area contributed by atoms with E-state index in [1.54, 1.807) is 19.2 Å². The van der Waals surface area contributed by atoms with E-state index >= 15 is 0 Å². The first-order chi connectivity index (χ1) is 9.20. The second-order valence-electron chi connectivity index (χ2n) is 4.10. The van der Waals surface area contributed by atoms with Crippen LogP contribution in [0.25, 0.3) is 0 Å². The molecule has 19 heavy (non-hydrogen) atoms.